The van der Waals surface area contributed by atoms with Crippen LogP contribution < -0.4 is 14.8 Å². The van der Waals surface area contributed by atoms with Gasteiger partial charge in [0.15, 0.2) is 5.76 Å². The number of hydrogen-bond acceptors (Lipinski definition) is 4. The maximum atomic E-state index is 12.3. The second-order valence-corrected chi connectivity index (χ2v) is 5.96. The predicted molar refractivity (Wildman–Crippen MR) is 104 cm³/mol. The number of benzene rings is 2. The van der Waals surface area contributed by atoms with Crippen LogP contribution in [0.5, 0.6) is 11.5 Å². The molecular formula is C22H23NO4. The molecule has 3 aromatic rings. The molecule has 1 N–H and O–H groups in total. The smallest absolute Gasteiger partial charge is 0.291 e. The van der Waals surface area contributed by atoms with Crippen LogP contribution in [0.3, 0.4) is 0 Å². The Labute approximate surface area is 158 Å². The minimum absolute atomic E-state index is 0.243. The van der Waals surface area contributed by atoms with E-state index in [1.165, 1.54) is 5.56 Å². The summed E-state index contributed by atoms with van der Waals surface area (Å²) in [6.07, 6.45) is 0.962. The van der Waals surface area contributed by atoms with Crippen LogP contribution in [0.2, 0.25) is 0 Å². The zero-order valence-corrected chi connectivity index (χ0v) is 15.5. The number of carbonyl (C=O) groups is 1. The monoisotopic (exact) mass is 365 g/mol. The van der Waals surface area contributed by atoms with Crippen molar-refractivity contribution in [2.75, 3.05) is 11.9 Å². The average Bonchev–Trinajstić information content (AvgIpc) is 3.17. The van der Waals surface area contributed by atoms with Gasteiger partial charge in [0.05, 0.1) is 6.61 Å². The molecule has 1 amide bonds. The normalized spacial score (nSPS) is 10.4. The van der Waals surface area contributed by atoms with Crippen LogP contribution >= 0.6 is 0 Å². The van der Waals surface area contributed by atoms with Crippen LogP contribution in [0.1, 0.15) is 35.7 Å². The minimum Gasteiger partial charge on any atom is -0.494 e. The summed E-state index contributed by atoms with van der Waals surface area (Å²) < 4.78 is 16.7. The van der Waals surface area contributed by atoms with E-state index in [1.807, 2.05) is 55.5 Å². The second-order valence-electron chi connectivity index (χ2n) is 5.96. The van der Waals surface area contributed by atoms with E-state index in [9.17, 15) is 4.79 Å². The minimum atomic E-state index is -0.286. The van der Waals surface area contributed by atoms with E-state index >= 15 is 0 Å². The highest BCUT2D eigenvalue weighted by atomic mass is 16.5. The predicted octanol–water partition coefficient (Wildman–Crippen LogP) is 5.07. The van der Waals surface area contributed by atoms with Gasteiger partial charge >= 0.3 is 0 Å². The van der Waals surface area contributed by atoms with Gasteiger partial charge in [0.1, 0.15) is 23.9 Å². The van der Waals surface area contributed by atoms with Gasteiger partial charge in [-0.2, -0.15) is 0 Å². The molecule has 0 aliphatic rings. The molecule has 0 radical (unpaired) electrons. The van der Waals surface area contributed by atoms with E-state index < -0.39 is 0 Å². The summed E-state index contributed by atoms with van der Waals surface area (Å²) >= 11 is 0. The number of nitrogens with one attached hydrogen (secondary N) is 1. The summed E-state index contributed by atoms with van der Waals surface area (Å²) in [6, 6.07) is 18.5. The number of furan rings is 1. The van der Waals surface area contributed by atoms with Crippen molar-refractivity contribution in [1.82, 2.24) is 0 Å². The molecule has 0 bridgehead atoms. The number of carbonyl (C=O) groups excluding carboxylic acids is 1. The Morgan fingerprint density at radius 3 is 2.19 bits per heavy atom. The summed E-state index contributed by atoms with van der Waals surface area (Å²) in [5.74, 6) is 2.05. The van der Waals surface area contributed by atoms with Crippen LogP contribution in [-0.2, 0) is 13.0 Å². The van der Waals surface area contributed by atoms with Crippen molar-refractivity contribution in [2.24, 2.45) is 0 Å². The number of rotatable bonds is 8. The van der Waals surface area contributed by atoms with Gasteiger partial charge < -0.3 is 19.2 Å². The maximum absolute atomic E-state index is 12.3. The van der Waals surface area contributed by atoms with Gasteiger partial charge in [-0.1, -0.05) is 19.1 Å². The highest BCUT2D eigenvalue weighted by Gasteiger charge is 2.12. The quantitative estimate of drug-likeness (QED) is 0.605. The summed E-state index contributed by atoms with van der Waals surface area (Å²) in [7, 11) is 0. The molecule has 0 spiro atoms. The van der Waals surface area contributed by atoms with E-state index in [-0.39, 0.29) is 18.3 Å². The highest BCUT2D eigenvalue weighted by molar-refractivity contribution is 6.02. The molecule has 1 aromatic heterocycles. The molecule has 27 heavy (non-hydrogen) atoms. The van der Waals surface area contributed by atoms with Crippen LogP contribution in [0.15, 0.2) is 65.1 Å². The summed E-state index contributed by atoms with van der Waals surface area (Å²) in [5.41, 5.74) is 1.96. The molecule has 140 valence electrons. The Kier molecular flexibility index (Phi) is 6.15. The average molecular weight is 365 g/mol. The van der Waals surface area contributed by atoms with E-state index in [0.29, 0.717) is 18.1 Å². The highest BCUT2D eigenvalue weighted by Crippen LogP contribution is 2.19. The third-order valence-corrected chi connectivity index (χ3v) is 4.02. The van der Waals surface area contributed by atoms with Gasteiger partial charge in [-0.3, -0.25) is 4.79 Å². The summed E-state index contributed by atoms with van der Waals surface area (Å²) in [6.45, 7) is 4.90. The maximum Gasteiger partial charge on any atom is 0.291 e. The lowest BCUT2D eigenvalue weighted by Gasteiger charge is -2.06. The zero-order valence-electron chi connectivity index (χ0n) is 15.5. The second kappa shape index (κ2) is 8.94. The van der Waals surface area contributed by atoms with Crippen molar-refractivity contribution < 1.29 is 18.7 Å². The van der Waals surface area contributed by atoms with Crippen molar-refractivity contribution >= 4 is 11.6 Å². The SMILES string of the molecule is CCOc1ccc(OCc2ccc(C(=O)Nc3ccc(CC)cc3)o2)cc1. The van der Waals surface area contributed by atoms with E-state index in [0.717, 1.165) is 17.9 Å². The Hall–Kier alpha value is -3.21. The number of hydrogen-bond donors (Lipinski definition) is 1. The summed E-state index contributed by atoms with van der Waals surface area (Å²) in [5, 5.41) is 2.83. The molecule has 0 saturated heterocycles. The third kappa shape index (κ3) is 5.14. The topological polar surface area (TPSA) is 60.7 Å². The van der Waals surface area contributed by atoms with E-state index in [2.05, 4.69) is 12.2 Å². The van der Waals surface area contributed by atoms with Gasteiger partial charge in [0.25, 0.3) is 5.91 Å². The van der Waals surface area contributed by atoms with Crippen molar-refractivity contribution in [3.05, 3.63) is 77.7 Å². The molecule has 5 heteroatoms. The van der Waals surface area contributed by atoms with Gasteiger partial charge in [-0.15, -0.1) is 0 Å². The first-order chi connectivity index (χ1) is 13.2. The number of amides is 1. The molecule has 3 rings (SSSR count). The fourth-order valence-electron chi connectivity index (χ4n) is 2.55. The number of anilines is 1. The van der Waals surface area contributed by atoms with Gasteiger partial charge in [0.2, 0.25) is 0 Å². The molecule has 5 nitrogen and oxygen atoms in total. The standard InChI is InChI=1S/C22H23NO4/c1-3-16-5-7-17(8-6-16)23-22(24)21-14-13-20(27-21)15-26-19-11-9-18(10-12-19)25-4-2/h5-14H,3-4,15H2,1-2H3,(H,23,24). The zero-order chi connectivity index (χ0) is 19.1. The largest absolute Gasteiger partial charge is 0.494 e. The Bertz CT molecular complexity index is 866. The fraction of sp³-hybridized carbons (Fsp3) is 0.227. The van der Waals surface area contributed by atoms with Crippen molar-refractivity contribution in [1.29, 1.82) is 0 Å². The lowest BCUT2D eigenvalue weighted by Crippen LogP contribution is -2.10. The lowest BCUT2D eigenvalue weighted by molar-refractivity contribution is 0.0992. The van der Waals surface area contributed by atoms with Crippen molar-refractivity contribution in [2.45, 2.75) is 26.9 Å². The van der Waals surface area contributed by atoms with Crippen LogP contribution in [0, 0.1) is 0 Å². The van der Waals surface area contributed by atoms with Crippen molar-refractivity contribution in [3.63, 3.8) is 0 Å². The number of aryl methyl sites for hydroxylation is 1. The first-order valence-electron chi connectivity index (χ1n) is 9.02. The fourth-order valence-corrected chi connectivity index (χ4v) is 2.55. The summed E-state index contributed by atoms with van der Waals surface area (Å²) in [4.78, 5) is 12.3. The Balaban J connectivity index is 1.54. The third-order valence-electron chi connectivity index (χ3n) is 4.02. The number of ether oxygens (including phenoxy) is 2. The molecule has 0 aliphatic carbocycles. The molecule has 0 saturated carbocycles. The molecule has 1 heterocycles. The van der Waals surface area contributed by atoms with Gasteiger partial charge in [-0.05, 0) is 67.4 Å². The molecular weight excluding hydrogens is 342 g/mol. The van der Waals surface area contributed by atoms with Crippen LogP contribution in [-0.4, -0.2) is 12.5 Å². The lowest BCUT2D eigenvalue weighted by atomic mass is 10.1. The van der Waals surface area contributed by atoms with Crippen molar-refractivity contribution in [3.8, 4) is 11.5 Å². The Morgan fingerprint density at radius 1 is 0.889 bits per heavy atom. The molecule has 0 aliphatic heterocycles. The van der Waals surface area contributed by atoms with E-state index in [4.69, 9.17) is 13.9 Å². The first-order valence-corrected chi connectivity index (χ1v) is 9.02. The van der Waals surface area contributed by atoms with Gasteiger partial charge in [0, 0.05) is 5.69 Å². The molecule has 0 fully saturated rings. The van der Waals surface area contributed by atoms with Crippen LogP contribution in [0.4, 0.5) is 5.69 Å². The van der Waals surface area contributed by atoms with E-state index in [1.54, 1.807) is 12.1 Å². The molecule has 2 aromatic carbocycles. The van der Waals surface area contributed by atoms with Crippen LogP contribution in [0.25, 0.3) is 0 Å². The molecule has 0 unspecified atom stereocenters. The van der Waals surface area contributed by atoms with Gasteiger partial charge in [-0.25, -0.2) is 0 Å². The molecule has 0 atom stereocenters. The first kappa shape index (κ1) is 18.6. The Morgan fingerprint density at radius 2 is 1.56 bits per heavy atom.